The lowest BCUT2D eigenvalue weighted by molar-refractivity contribution is -0.115. The molecule has 0 radical (unpaired) electrons. The minimum absolute atomic E-state index is 0.301. The summed E-state index contributed by atoms with van der Waals surface area (Å²) in [4.78, 5) is 17.3. The third kappa shape index (κ3) is 3.19. The van der Waals surface area contributed by atoms with Crippen LogP contribution in [-0.4, -0.2) is 10.9 Å². The summed E-state index contributed by atoms with van der Waals surface area (Å²) in [6.45, 7) is 2.43. The van der Waals surface area contributed by atoms with Gasteiger partial charge < -0.3 is 5.32 Å². The molecular formula is C10H9BrN2O. The molecule has 0 aliphatic carbocycles. The Morgan fingerprint density at radius 1 is 1.71 bits per heavy atom. The number of carbonyl (C=O) groups excluding carboxylic acids is 1. The number of halogens is 1. The van der Waals surface area contributed by atoms with E-state index in [1.165, 1.54) is 0 Å². The van der Waals surface area contributed by atoms with E-state index in [-0.39, 0.29) is 5.91 Å². The third-order valence-electron chi connectivity index (χ3n) is 1.75. The zero-order valence-electron chi connectivity index (χ0n) is 7.67. The molecular weight excluding hydrogens is 244 g/mol. The molecule has 0 atom stereocenters. The van der Waals surface area contributed by atoms with Crippen molar-refractivity contribution in [2.45, 2.75) is 13.5 Å². The van der Waals surface area contributed by atoms with Gasteiger partial charge in [0.05, 0.1) is 0 Å². The Kier molecular flexibility index (Phi) is 4.14. The van der Waals surface area contributed by atoms with Crippen LogP contribution < -0.4 is 5.32 Å². The molecule has 3 nitrogen and oxygen atoms in total. The fraction of sp³-hybridized carbons (Fsp3) is 0.200. The second kappa shape index (κ2) is 5.40. The lowest BCUT2D eigenvalue weighted by atomic mass is 10.1. The summed E-state index contributed by atoms with van der Waals surface area (Å²) in [6, 6.07) is 1.90. The maximum Gasteiger partial charge on any atom is 0.297 e. The highest BCUT2D eigenvalue weighted by atomic mass is 79.9. The molecule has 0 aromatic carbocycles. The van der Waals surface area contributed by atoms with Gasteiger partial charge in [-0.1, -0.05) is 0 Å². The lowest BCUT2D eigenvalue weighted by Crippen LogP contribution is -2.21. The lowest BCUT2D eigenvalue weighted by Gasteiger charge is -2.03. The highest BCUT2D eigenvalue weighted by molar-refractivity contribution is 9.12. The summed E-state index contributed by atoms with van der Waals surface area (Å²) in [6.07, 6.45) is 3.45. The van der Waals surface area contributed by atoms with E-state index in [0.717, 1.165) is 11.1 Å². The number of nitrogens with one attached hydrogen (secondary N) is 1. The van der Waals surface area contributed by atoms with E-state index < -0.39 is 0 Å². The summed E-state index contributed by atoms with van der Waals surface area (Å²) >= 11 is 2.86. The third-order valence-corrected chi connectivity index (χ3v) is 1.95. The van der Waals surface area contributed by atoms with E-state index in [0.29, 0.717) is 6.54 Å². The van der Waals surface area contributed by atoms with Gasteiger partial charge in [-0.05, 0) is 28.9 Å². The molecule has 1 aromatic rings. The van der Waals surface area contributed by atoms with E-state index >= 15 is 0 Å². The Bertz CT molecular complexity index is 393. The van der Waals surface area contributed by atoms with Crippen molar-refractivity contribution in [3.05, 3.63) is 29.6 Å². The van der Waals surface area contributed by atoms with Crippen molar-refractivity contribution >= 4 is 21.8 Å². The number of pyridine rings is 1. The van der Waals surface area contributed by atoms with Gasteiger partial charge in [0.1, 0.15) is 0 Å². The van der Waals surface area contributed by atoms with Crippen LogP contribution >= 0.6 is 15.9 Å². The standard InChI is InChI=1S/C10H9BrN2O/c1-8-3-5-12-6-9(8)7-13-10(14)2-4-11/h3,5-6H,7H2,1H3,(H,13,14). The Hall–Kier alpha value is -1.34. The van der Waals surface area contributed by atoms with Crippen LogP contribution in [0.15, 0.2) is 18.5 Å². The number of aromatic nitrogens is 1. The number of carbonyl (C=O) groups is 1. The molecule has 1 rings (SSSR count). The van der Waals surface area contributed by atoms with Gasteiger partial charge in [0.15, 0.2) is 0 Å². The fourth-order valence-corrected chi connectivity index (χ4v) is 1.12. The molecule has 14 heavy (non-hydrogen) atoms. The monoisotopic (exact) mass is 252 g/mol. The zero-order chi connectivity index (χ0) is 10.4. The summed E-state index contributed by atoms with van der Waals surface area (Å²) in [5.41, 5.74) is 2.10. The molecule has 0 unspecified atom stereocenters. The number of rotatable bonds is 2. The number of amides is 1. The molecule has 1 aromatic heterocycles. The SMILES string of the molecule is Cc1ccncc1CNC(=O)C#CBr. The van der Waals surface area contributed by atoms with Crippen molar-refractivity contribution in [2.24, 2.45) is 0 Å². The normalized spacial score (nSPS) is 8.71. The van der Waals surface area contributed by atoms with Crippen molar-refractivity contribution in [2.75, 3.05) is 0 Å². The number of hydrogen-bond acceptors (Lipinski definition) is 2. The fourth-order valence-electron chi connectivity index (χ4n) is 0.944. The molecule has 0 saturated heterocycles. The van der Waals surface area contributed by atoms with Crippen molar-refractivity contribution in [3.8, 4) is 10.8 Å². The van der Waals surface area contributed by atoms with Crippen LogP contribution in [0.4, 0.5) is 0 Å². The second-order valence-electron chi connectivity index (χ2n) is 2.70. The largest absolute Gasteiger partial charge is 0.341 e. The van der Waals surface area contributed by atoms with E-state index in [4.69, 9.17) is 0 Å². The first-order valence-electron chi connectivity index (χ1n) is 4.03. The van der Waals surface area contributed by atoms with Gasteiger partial charge in [-0.15, -0.1) is 0 Å². The van der Waals surface area contributed by atoms with E-state index in [9.17, 15) is 4.79 Å². The predicted octanol–water partition coefficient (Wildman–Crippen LogP) is 1.36. The van der Waals surface area contributed by atoms with Crippen LogP contribution in [0.1, 0.15) is 11.1 Å². The molecule has 4 heteroatoms. The first-order chi connectivity index (χ1) is 6.74. The van der Waals surface area contributed by atoms with Crippen LogP contribution in [-0.2, 0) is 11.3 Å². The van der Waals surface area contributed by atoms with Crippen molar-refractivity contribution in [1.29, 1.82) is 0 Å². The molecule has 0 aliphatic heterocycles. The summed E-state index contributed by atoms with van der Waals surface area (Å²) in [5, 5.41) is 2.66. The van der Waals surface area contributed by atoms with Crippen LogP contribution in [0.25, 0.3) is 0 Å². The van der Waals surface area contributed by atoms with Gasteiger partial charge in [-0.3, -0.25) is 9.78 Å². The minimum atomic E-state index is -0.301. The molecule has 1 heterocycles. The van der Waals surface area contributed by atoms with E-state index in [1.807, 2.05) is 13.0 Å². The predicted molar refractivity (Wildman–Crippen MR) is 57.5 cm³/mol. The van der Waals surface area contributed by atoms with Crippen molar-refractivity contribution in [3.63, 3.8) is 0 Å². The van der Waals surface area contributed by atoms with E-state index in [2.05, 4.69) is 37.0 Å². The molecule has 0 aliphatic rings. The number of aryl methyl sites for hydroxylation is 1. The van der Waals surface area contributed by atoms with Crippen LogP contribution in [0.3, 0.4) is 0 Å². The summed E-state index contributed by atoms with van der Waals surface area (Å²) in [7, 11) is 0. The van der Waals surface area contributed by atoms with Gasteiger partial charge in [-0.2, -0.15) is 0 Å². The van der Waals surface area contributed by atoms with Gasteiger partial charge in [0.2, 0.25) is 0 Å². The molecule has 1 amide bonds. The Morgan fingerprint density at radius 2 is 2.50 bits per heavy atom. The first-order valence-corrected chi connectivity index (χ1v) is 4.82. The molecule has 0 saturated carbocycles. The highest BCUT2D eigenvalue weighted by Gasteiger charge is 1.99. The zero-order valence-corrected chi connectivity index (χ0v) is 9.26. The molecule has 0 fully saturated rings. The smallest absolute Gasteiger partial charge is 0.297 e. The van der Waals surface area contributed by atoms with Gasteiger partial charge in [-0.25, -0.2) is 0 Å². The molecule has 72 valence electrons. The van der Waals surface area contributed by atoms with E-state index in [1.54, 1.807) is 12.4 Å². The molecule has 1 N–H and O–H groups in total. The van der Waals surface area contributed by atoms with Crippen molar-refractivity contribution in [1.82, 2.24) is 10.3 Å². The molecule has 0 bridgehead atoms. The van der Waals surface area contributed by atoms with Crippen LogP contribution in [0.5, 0.6) is 0 Å². The Labute approximate surface area is 91.1 Å². The number of nitrogens with zero attached hydrogens (tertiary/aromatic N) is 1. The summed E-state index contributed by atoms with van der Waals surface area (Å²) < 4.78 is 0. The summed E-state index contributed by atoms with van der Waals surface area (Å²) in [5.74, 6) is 2.03. The maximum absolute atomic E-state index is 11.0. The van der Waals surface area contributed by atoms with Crippen LogP contribution in [0.2, 0.25) is 0 Å². The average molecular weight is 253 g/mol. The quantitative estimate of drug-likeness (QED) is 0.808. The topological polar surface area (TPSA) is 42.0 Å². The van der Waals surface area contributed by atoms with Gasteiger partial charge >= 0.3 is 0 Å². The van der Waals surface area contributed by atoms with Gasteiger partial charge in [0.25, 0.3) is 5.91 Å². The second-order valence-corrected chi connectivity index (χ2v) is 3.10. The first kappa shape index (κ1) is 10.7. The van der Waals surface area contributed by atoms with Crippen molar-refractivity contribution < 1.29 is 4.79 Å². The number of hydrogen-bond donors (Lipinski definition) is 1. The van der Waals surface area contributed by atoms with Crippen LogP contribution in [0, 0.1) is 17.7 Å². The van der Waals surface area contributed by atoms with Gasteiger partial charge in [0, 0.05) is 40.8 Å². The highest BCUT2D eigenvalue weighted by Crippen LogP contribution is 2.03. The minimum Gasteiger partial charge on any atom is -0.341 e. The maximum atomic E-state index is 11.0. The average Bonchev–Trinajstić information content (AvgIpc) is 2.17. The Balaban J connectivity index is 2.57. The molecule has 0 spiro atoms. The Morgan fingerprint density at radius 3 is 3.14 bits per heavy atom.